The topological polar surface area (TPSA) is 83.5 Å². The third-order valence-corrected chi connectivity index (χ3v) is 10.8. The summed E-state index contributed by atoms with van der Waals surface area (Å²) in [6, 6.07) is 0. The van der Waals surface area contributed by atoms with E-state index in [9.17, 15) is 9.59 Å². The molecule has 1 rings (SSSR count). The molecule has 0 aromatic rings. The molecule has 1 atom stereocenters. The fraction of sp³-hybridized carbons (Fsp3) is 0.956. The van der Waals surface area contributed by atoms with Gasteiger partial charge in [-0.2, -0.15) is 0 Å². The number of rotatable bonds is 38. The standard InChI is InChI=1S/C45H87NO7/c1-5-8-11-14-17-18-19-20-21-24-29-42(53-45(48)52-40-41-32-35-46(4)36-33-41)34-39-49-43(47)30-25-26-31-44(50-37-27-22-15-12-9-6-2)51-38-28-23-16-13-10-7-3/h41-42,44H,5-40H2,1-4H3. The van der Waals surface area contributed by atoms with Gasteiger partial charge in [0.05, 0.1) is 13.2 Å². The van der Waals surface area contributed by atoms with Crippen LogP contribution in [0.25, 0.3) is 0 Å². The van der Waals surface area contributed by atoms with Gasteiger partial charge in [0.1, 0.15) is 6.10 Å². The molecule has 1 saturated heterocycles. The Balaban J connectivity index is 2.40. The van der Waals surface area contributed by atoms with Gasteiger partial charge in [-0.05, 0) is 83.8 Å². The minimum Gasteiger partial charge on any atom is -0.466 e. The molecule has 53 heavy (non-hydrogen) atoms. The molecule has 0 aromatic heterocycles. The van der Waals surface area contributed by atoms with Gasteiger partial charge in [-0.15, -0.1) is 0 Å². The average molecular weight is 754 g/mol. The molecule has 0 radical (unpaired) electrons. The van der Waals surface area contributed by atoms with Gasteiger partial charge < -0.3 is 28.6 Å². The van der Waals surface area contributed by atoms with Crippen LogP contribution in [0.5, 0.6) is 0 Å². The SMILES string of the molecule is CCCCCCCCCCCCC(CCOC(=O)CCCCC(OCCCCCCCC)OCCCCCCCC)OC(=O)OCC1CCN(C)CC1. The Labute approximate surface area is 327 Å². The largest absolute Gasteiger partial charge is 0.508 e. The number of esters is 1. The Morgan fingerprint density at radius 3 is 1.55 bits per heavy atom. The maximum Gasteiger partial charge on any atom is 0.508 e. The van der Waals surface area contributed by atoms with Gasteiger partial charge in [0.2, 0.25) is 0 Å². The zero-order chi connectivity index (χ0) is 38.5. The monoisotopic (exact) mass is 754 g/mol. The van der Waals surface area contributed by atoms with Crippen molar-refractivity contribution in [3.8, 4) is 0 Å². The number of likely N-dealkylation sites (tertiary alicyclic amines) is 1. The van der Waals surface area contributed by atoms with Gasteiger partial charge in [-0.1, -0.05) is 143 Å². The Morgan fingerprint density at radius 2 is 1.02 bits per heavy atom. The first kappa shape index (κ1) is 49.6. The summed E-state index contributed by atoms with van der Waals surface area (Å²) in [6.45, 7) is 11.0. The summed E-state index contributed by atoms with van der Waals surface area (Å²) in [5.74, 6) is 0.208. The molecule has 0 aliphatic carbocycles. The van der Waals surface area contributed by atoms with Crippen LogP contribution in [0.15, 0.2) is 0 Å². The lowest BCUT2D eigenvalue weighted by atomic mass is 9.98. The molecule has 1 fully saturated rings. The van der Waals surface area contributed by atoms with Gasteiger partial charge in [-0.3, -0.25) is 4.79 Å². The van der Waals surface area contributed by atoms with Crippen LogP contribution in [0.1, 0.15) is 213 Å². The van der Waals surface area contributed by atoms with Crippen LogP contribution in [0.2, 0.25) is 0 Å². The third-order valence-electron chi connectivity index (χ3n) is 10.8. The van der Waals surface area contributed by atoms with E-state index in [-0.39, 0.29) is 25.0 Å². The number of carbonyl (C=O) groups is 2. The average Bonchev–Trinajstić information content (AvgIpc) is 3.15. The Hall–Kier alpha value is -1.38. The number of carbonyl (C=O) groups excluding carboxylic acids is 2. The lowest BCUT2D eigenvalue weighted by Gasteiger charge is -2.28. The van der Waals surface area contributed by atoms with E-state index >= 15 is 0 Å². The molecular weight excluding hydrogens is 666 g/mol. The second-order valence-corrected chi connectivity index (χ2v) is 16.0. The number of piperidine rings is 1. The van der Waals surface area contributed by atoms with Crippen molar-refractivity contribution in [1.29, 1.82) is 0 Å². The Kier molecular flexibility index (Phi) is 35.2. The number of nitrogens with zero attached hydrogens (tertiary/aromatic N) is 1. The molecule has 8 heteroatoms. The van der Waals surface area contributed by atoms with Crippen molar-refractivity contribution < 1.29 is 33.3 Å². The Bertz CT molecular complexity index is 786. The molecule has 0 amide bonds. The molecule has 0 N–H and O–H groups in total. The number of ether oxygens (including phenoxy) is 5. The van der Waals surface area contributed by atoms with E-state index < -0.39 is 6.16 Å². The molecule has 0 saturated carbocycles. The highest BCUT2D eigenvalue weighted by Crippen LogP contribution is 2.19. The van der Waals surface area contributed by atoms with Gasteiger partial charge >= 0.3 is 12.1 Å². The molecule has 0 aromatic carbocycles. The predicted octanol–water partition coefficient (Wildman–Crippen LogP) is 12.7. The van der Waals surface area contributed by atoms with Crippen molar-refractivity contribution in [3.63, 3.8) is 0 Å². The van der Waals surface area contributed by atoms with Crippen LogP contribution < -0.4 is 0 Å². The van der Waals surface area contributed by atoms with E-state index in [1.807, 2.05) is 0 Å². The fourth-order valence-electron chi connectivity index (χ4n) is 7.07. The summed E-state index contributed by atoms with van der Waals surface area (Å²) in [5, 5.41) is 0. The van der Waals surface area contributed by atoms with Crippen molar-refractivity contribution >= 4 is 12.1 Å². The Morgan fingerprint density at radius 1 is 0.547 bits per heavy atom. The third kappa shape index (κ3) is 32.6. The first-order valence-electron chi connectivity index (χ1n) is 22.9. The molecule has 0 bridgehead atoms. The summed E-state index contributed by atoms with van der Waals surface area (Å²) in [4.78, 5) is 27.6. The molecule has 314 valence electrons. The van der Waals surface area contributed by atoms with Crippen LogP contribution in [-0.4, -0.2) is 76.0 Å². The highest BCUT2D eigenvalue weighted by Gasteiger charge is 2.21. The van der Waals surface area contributed by atoms with Gasteiger partial charge in [0, 0.05) is 26.1 Å². The number of hydrogen-bond donors (Lipinski definition) is 0. The van der Waals surface area contributed by atoms with Crippen molar-refractivity contribution in [2.45, 2.75) is 226 Å². The summed E-state index contributed by atoms with van der Waals surface area (Å²) in [7, 11) is 2.13. The molecule has 1 aliphatic heterocycles. The molecule has 1 aliphatic rings. The van der Waals surface area contributed by atoms with Crippen molar-refractivity contribution in [2.75, 3.05) is 46.6 Å². The smallest absolute Gasteiger partial charge is 0.466 e. The van der Waals surface area contributed by atoms with Crippen LogP contribution in [0, 0.1) is 5.92 Å². The molecule has 8 nitrogen and oxygen atoms in total. The van der Waals surface area contributed by atoms with Crippen molar-refractivity contribution in [3.05, 3.63) is 0 Å². The highest BCUT2D eigenvalue weighted by atomic mass is 16.7. The molecule has 1 unspecified atom stereocenters. The van der Waals surface area contributed by atoms with E-state index in [1.165, 1.54) is 116 Å². The van der Waals surface area contributed by atoms with Crippen LogP contribution in [-0.2, 0) is 28.5 Å². The first-order chi connectivity index (χ1) is 26.0. The maximum atomic E-state index is 12.7. The van der Waals surface area contributed by atoms with Gasteiger partial charge in [-0.25, -0.2) is 4.79 Å². The van der Waals surface area contributed by atoms with Crippen molar-refractivity contribution in [1.82, 2.24) is 4.90 Å². The lowest BCUT2D eigenvalue weighted by Crippen LogP contribution is -2.32. The number of hydrogen-bond acceptors (Lipinski definition) is 8. The van der Waals surface area contributed by atoms with E-state index in [0.29, 0.717) is 25.4 Å². The first-order valence-corrected chi connectivity index (χ1v) is 22.9. The van der Waals surface area contributed by atoms with E-state index in [0.717, 1.165) is 90.5 Å². The van der Waals surface area contributed by atoms with Crippen LogP contribution in [0.4, 0.5) is 4.79 Å². The van der Waals surface area contributed by atoms with Crippen molar-refractivity contribution in [2.24, 2.45) is 5.92 Å². The minimum atomic E-state index is -0.584. The maximum absolute atomic E-state index is 12.7. The van der Waals surface area contributed by atoms with E-state index in [4.69, 9.17) is 23.7 Å². The zero-order valence-electron chi connectivity index (χ0n) is 35.5. The van der Waals surface area contributed by atoms with E-state index in [1.54, 1.807) is 0 Å². The molecule has 1 heterocycles. The fourth-order valence-corrected chi connectivity index (χ4v) is 7.07. The highest BCUT2D eigenvalue weighted by molar-refractivity contribution is 5.69. The quantitative estimate of drug-likeness (QED) is 0.0350. The van der Waals surface area contributed by atoms with Crippen LogP contribution in [0.3, 0.4) is 0 Å². The van der Waals surface area contributed by atoms with E-state index in [2.05, 4.69) is 32.7 Å². The lowest BCUT2D eigenvalue weighted by molar-refractivity contribution is -0.150. The zero-order valence-corrected chi connectivity index (χ0v) is 35.5. The predicted molar refractivity (Wildman–Crippen MR) is 219 cm³/mol. The second-order valence-electron chi connectivity index (χ2n) is 16.0. The summed E-state index contributed by atoms with van der Waals surface area (Å²) in [6.07, 6.45) is 32.6. The molecule has 0 spiro atoms. The van der Waals surface area contributed by atoms with Gasteiger partial charge in [0.25, 0.3) is 0 Å². The number of unbranched alkanes of at least 4 members (excludes halogenated alkanes) is 20. The normalized spacial score (nSPS) is 14.5. The minimum absolute atomic E-state index is 0.190. The summed E-state index contributed by atoms with van der Waals surface area (Å²) in [5.41, 5.74) is 0. The van der Waals surface area contributed by atoms with Crippen LogP contribution >= 0.6 is 0 Å². The summed E-state index contributed by atoms with van der Waals surface area (Å²) < 4.78 is 29.3. The molecular formula is C45H87NO7. The summed E-state index contributed by atoms with van der Waals surface area (Å²) >= 11 is 0. The van der Waals surface area contributed by atoms with Gasteiger partial charge in [0.15, 0.2) is 6.29 Å². The second kappa shape index (κ2) is 37.5.